The van der Waals surface area contributed by atoms with Crippen LogP contribution in [-0.2, 0) is 22.9 Å². The van der Waals surface area contributed by atoms with E-state index in [1.54, 1.807) is 24.3 Å². The van der Waals surface area contributed by atoms with Gasteiger partial charge in [-0.05, 0) is 68.0 Å². The highest BCUT2D eigenvalue weighted by molar-refractivity contribution is 7.92. The normalized spacial score (nSPS) is 14.1. The zero-order valence-electron chi connectivity index (χ0n) is 13.2. The molecule has 5 heteroatoms. The Bertz CT molecular complexity index is 800. The highest BCUT2D eigenvalue weighted by atomic mass is 32.2. The number of aryl methyl sites for hydroxylation is 2. The Labute approximate surface area is 137 Å². The summed E-state index contributed by atoms with van der Waals surface area (Å²) in [6.45, 7) is 2.26. The zero-order chi connectivity index (χ0) is 16.3. The number of anilines is 1. The number of fused-ring (bicyclic) bond motifs is 1. The van der Waals surface area contributed by atoms with Crippen LogP contribution >= 0.6 is 0 Å². The lowest BCUT2D eigenvalue weighted by Crippen LogP contribution is -2.15. The van der Waals surface area contributed by atoms with E-state index in [0.717, 1.165) is 19.3 Å². The second-order valence-corrected chi connectivity index (χ2v) is 7.33. The lowest BCUT2D eigenvalue weighted by atomic mass is 9.91. The number of hydrogen-bond donors (Lipinski definition) is 1. The van der Waals surface area contributed by atoms with Crippen LogP contribution in [0.15, 0.2) is 47.4 Å². The highest BCUT2D eigenvalue weighted by Gasteiger charge is 2.20. The summed E-state index contributed by atoms with van der Waals surface area (Å²) in [5.41, 5.74) is 3.18. The largest absolute Gasteiger partial charge is 0.492 e. The van der Waals surface area contributed by atoms with Crippen LogP contribution in [0.2, 0.25) is 0 Å². The van der Waals surface area contributed by atoms with Gasteiger partial charge < -0.3 is 4.74 Å². The SMILES string of the molecule is CCOc1ccccc1S(=O)(=O)Nc1ccc2c(c1)CCCC2. The van der Waals surface area contributed by atoms with Crippen LogP contribution in [0.25, 0.3) is 0 Å². The zero-order valence-corrected chi connectivity index (χ0v) is 14.0. The number of nitrogens with one attached hydrogen (secondary N) is 1. The lowest BCUT2D eigenvalue weighted by Gasteiger charge is -2.17. The predicted octanol–water partition coefficient (Wildman–Crippen LogP) is 3.76. The van der Waals surface area contributed by atoms with Crippen molar-refractivity contribution >= 4 is 15.7 Å². The number of ether oxygens (including phenoxy) is 1. The van der Waals surface area contributed by atoms with Crippen LogP contribution in [0.1, 0.15) is 30.9 Å². The third kappa shape index (κ3) is 3.50. The van der Waals surface area contributed by atoms with Crippen molar-refractivity contribution in [3.05, 3.63) is 53.6 Å². The average molecular weight is 331 g/mol. The van der Waals surface area contributed by atoms with Gasteiger partial charge in [-0.2, -0.15) is 0 Å². The number of hydrogen-bond acceptors (Lipinski definition) is 3. The highest BCUT2D eigenvalue weighted by Crippen LogP contribution is 2.28. The summed E-state index contributed by atoms with van der Waals surface area (Å²) in [4.78, 5) is 0.166. The van der Waals surface area contributed by atoms with Gasteiger partial charge in [0.25, 0.3) is 10.0 Å². The van der Waals surface area contributed by atoms with Crippen molar-refractivity contribution in [2.75, 3.05) is 11.3 Å². The Morgan fingerprint density at radius 2 is 1.78 bits per heavy atom. The van der Waals surface area contributed by atoms with Crippen molar-refractivity contribution < 1.29 is 13.2 Å². The molecule has 0 radical (unpaired) electrons. The first-order chi connectivity index (χ1) is 11.1. The van der Waals surface area contributed by atoms with Gasteiger partial charge in [-0.1, -0.05) is 18.2 Å². The molecule has 0 amide bonds. The van der Waals surface area contributed by atoms with E-state index in [1.165, 1.54) is 17.5 Å². The van der Waals surface area contributed by atoms with Crippen molar-refractivity contribution in [2.45, 2.75) is 37.5 Å². The van der Waals surface area contributed by atoms with Crippen LogP contribution < -0.4 is 9.46 Å². The third-order valence-corrected chi connectivity index (χ3v) is 5.46. The smallest absolute Gasteiger partial charge is 0.265 e. The van der Waals surface area contributed by atoms with E-state index in [0.29, 0.717) is 18.0 Å². The molecule has 0 atom stereocenters. The molecule has 0 saturated heterocycles. The summed E-state index contributed by atoms with van der Waals surface area (Å²) in [7, 11) is -3.67. The first-order valence-electron chi connectivity index (χ1n) is 7.96. The number of para-hydroxylation sites is 1. The lowest BCUT2D eigenvalue weighted by molar-refractivity contribution is 0.331. The first-order valence-corrected chi connectivity index (χ1v) is 9.45. The molecular formula is C18H21NO3S. The van der Waals surface area contributed by atoms with Gasteiger partial charge in [0.1, 0.15) is 10.6 Å². The standard InChI is InChI=1S/C18H21NO3S/c1-2-22-17-9-5-6-10-18(17)23(20,21)19-16-12-11-14-7-3-4-8-15(14)13-16/h5-6,9-13,19H,2-4,7-8H2,1H3. The van der Waals surface area contributed by atoms with Crippen molar-refractivity contribution in [3.8, 4) is 5.75 Å². The van der Waals surface area contributed by atoms with E-state index in [-0.39, 0.29) is 4.90 Å². The summed E-state index contributed by atoms with van der Waals surface area (Å²) in [6, 6.07) is 12.5. The van der Waals surface area contributed by atoms with Gasteiger partial charge in [-0.3, -0.25) is 4.72 Å². The molecule has 2 aromatic rings. The van der Waals surface area contributed by atoms with Crippen LogP contribution in [-0.4, -0.2) is 15.0 Å². The molecule has 1 aliphatic rings. The van der Waals surface area contributed by atoms with Crippen molar-refractivity contribution in [2.24, 2.45) is 0 Å². The van der Waals surface area contributed by atoms with Crippen LogP contribution in [0, 0.1) is 0 Å². The fourth-order valence-electron chi connectivity index (χ4n) is 2.95. The van der Waals surface area contributed by atoms with Crippen molar-refractivity contribution in [1.29, 1.82) is 0 Å². The minimum Gasteiger partial charge on any atom is -0.492 e. The maximum Gasteiger partial charge on any atom is 0.265 e. The molecule has 0 spiro atoms. The Kier molecular flexibility index (Phi) is 4.57. The molecule has 2 aromatic carbocycles. The second-order valence-electron chi connectivity index (χ2n) is 5.68. The fourth-order valence-corrected chi connectivity index (χ4v) is 4.15. The molecule has 0 fully saturated rings. The van der Waals surface area contributed by atoms with Gasteiger partial charge in [0, 0.05) is 5.69 Å². The van der Waals surface area contributed by atoms with Gasteiger partial charge >= 0.3 is 0 Å². The molecule has 122 valence electrons. The molecule has 1 aliphatic carbocycles. The quantitative estimate of drug-likeness (QED) is 0.907. The second kappa shape index (κ2) is 6.62. The molecule has 1 N–H and O–H groups in total. The molecule has 0 heterocycles. The topological polar surface area (TPSA) is 55.4 Å². The number of benzene rings is 2. The molecule has 0 unspecified atom stereocenters. The Morgan fingerprint density at radius 1 is 1.04 bits per heavy atom. The molecule has 23 heavy (non-hydrogen) atoms. The van der Waals surface area contributed by atoms with E-state index in [4.69, 9.17) is 4.74 Å². The maximum atomic E-state index is 12.7. The Morgan fingerprint density at radius 3 is 2.57 bits per heavy atom. The Hall–Kier alpha value is -2.01. The molecule has 3 rings (SSSR count). The first kappa shape index (κ1) is 15.9. The molecule has 0 aromatic heterocycles. The minimum absolute atomic E-state index is 0.166. The monoisotopic (exact) mass is 331 g/mol. The van der Waals surface area contributed by atoms with Gasteiger partial charge in [-0.15, -0.1) is 0 Å². The molecule has 0 saturated carbocycles. The molecule has 0 bridgehead atoms. The maximum absolute atomic E-state index is 12.7. The summed E-state index contributed by atoms with van der Waals surface area (Å²) in [6.07, 6.45) is 4.46. The van der Waals surface area contributed by atoms with Gasteiger partial charge in [0.15, 0.2) is 0 Å². The van der Waals surface area contributed by atoms with E-state index in [1.807, 2.05) is 25.1 Å². The van der Waals surface area contributed by atoms with Gasteiger partial charge in [0.2, 0.25) is 0 Å². The number of sulfonamides is 1. The summed E-state index contributed by atoms with van der Waals surface area (Å²) in [5, 5.41) is 0. The summed E-state index contributed by atoms with van der Waals surface area (Å²) >= 11 is 0. The van der Waals surface area contributed by atoms with Gasteiger partial charge in [-0.25, -0.2) is 8.42 Å². The minimum atomic E-state index is -3.67. The van der Waals surface area contributed by atoms with Crippen LogP contribution in [0.3, 0.4) is 0 Å². The average Bonchev–Trinajstić information content (AvgIpc) is 2.55. The number of rotatable bonds is 5. The van der Waals surface area contributed by atoms with E-state index in [9.17, 15) is 8.42 Å². The van der Waals surface area contributed by atoms with Gasteiger partial charge in [0.05, 0.1) is 6.61 Å². The molecule has 4 nitrogen and oxygen atoms in total. The van der Waals surface area contributed by atoms with Crippen LogP contribution in [0.5, 0.6) is 5.75 Å². The third-order valence-electron chi connectivity index (χ3n) is 4.04. The van der Waals surface area contributed by atoms with E-state index >= 15 is 0 Å². The Balaban J connectivity index is 1.90. The van der Waals surface area contributed by atoms with E-state index < -0.39 is 10.0 Å². The molecular weight excluding hydrogens is 310 g/mol. The van der Waals surface area contributed by atoms with Crippen molar-refractivity contribution in [1.82, 2.24) is 0 Å². The van der Waals surface area contributed by atoms with Crippen molar-refractivity contribution in [3.63, 3.8) is 0 Å². The predicted molar refractivity (Wildman–Crippen MR) is 91.5 cm³/mol. The summed E-state index contributed by atoms with van der Waals surface area (Å²) in [5.74, 6) is 0.375. The van der Waals surface area contributed by atoms with E-state index in [2.05, 4.69) is 4.72 Å². The molecule has 0 aliphatic heterocycles. The summed E-state index contributed by atoms with van der Waals surface area (Å²) < 4.78 is 33.5. The van der Waals surface area contributed by atoms with Crippen LogP contribution in [0.4, 0.5) is 5.69 Å². The fraction of sp³-hybridized carbons (Fsp3) is 0.333.